The predicted molar refractivity (Wildman–Crippen MR) is 81.8 cm³/mol. The van der Waals surface area contributed by atoms with E-state index in [-0.39, 0.29) is 5.50 Å². The highest BCUT2D eigenvalue weighted by atomic mass is 32.2. The highest BCUT2D eigenvalue weighted by Crippen LogP contribution is 2.22. The number of hydrogen-bond donors (Lipinski definition) is 3. The molecule has 0 spiro atoms. The van der Waals surface area contributed by atoms with Gasteiger partial charge in [-0.05, 0) is 29.5 Å². The van der Waals surface area contributed by atoms with Crippen molar-refractivity contribution in [3.63, 3.8) is 0 Å². The third-order valence-electron chi connectivity index (χ3n) is 2.91. The van der Waals surface area contributed by atoms with Gasteiger partial charge in [0, 0.05) is 0 Å². The summed E-state index contributed by atoms with van der Waals surface area (Å²) in [6, 6.07) is 6.11. The minimum absolute atomic E-state index is 0.0818. The standard InChI is InChI=1S/C13H15N3OS2/c1-2-18-13-15-10(12(17)16-13)5-8-3-4-9-11(6-8)19-7-14-9/h3-7,12-13,15-17H,2H2,1H3/b10-5-. The monoisotopic (exact) mass is 293 g/mol. The van der Waals surface area contributed by atoms with E-state index in [1.54, 1.807) is 23.1 Å². The molecule has 1 aliphatic heterocycles. The third kappa shape index (κ3) is 2.76. The van der Waals surface area contributed by atoms with Crippen LogP contribution in [0.3, 0.4) is 0 Å². The van der Waals surface area contributed by atoms with Crippen molar-refractivity contribution in [3.05, 3.63) is 35.0 Å². The Hall–Kier alpha value is -1.08. The topological polar surface area (TPSA) is 57.2 Å². The predicted octanol–water partition coefficient (Wildman–Crippen LogP) is 2.19. The summed E-state index contributed by atoms with van der Waals surface area (Å²) in [4.78, 5) is 4.26. The zero-order chi connectivity index (χ0) is 13.2. The first-order chi connectivity index (χ1) is 9.26. The van der Waals surface area contributed by atoms with Gasteiger partial charge in [0.05, 0.1) is 21.4 Å². The maximum Gasteiger partial charge on any atom is 0.147 e. The molecule has 0 saturated carbocycles. The highest BCUT2D eigenvalue weighted by Gasteiger charge is 2.25. The van der Waals surface area contributed by atoms with Gasteiger partial charge in [-0.25, -0.2) is 4.98 Å². The number of hydrogen-bond acceptors (Lipinski definition) is 6. The zero-order valence-corrected chi connectivity index (χ0v) is 12.1. The van der Waals surface area contributed by atoms with Crippen molar-refractivity contribution in [1.82, 2.24) is 15.6 Å². The lowest BCUT2D eigenvalue weighted by Crippen LogP contribution is -2.30. The second-order valence-corrected chi connectivity index (χ2v) is 6.50. The van der Waals surface area contributed by atoms with E-state index in [9.17, 15) is 5.11 Å². The number of aliphatic hydroxyl groups excluding tert-OH is 1. The van der Waals surface area contributed by atoms with Crippen LogP contribution in [0, 0.1) is 0 Å². The van der Waals surface area contributed by atoms with Crippen LogP contribution in [0.2, 0.25) is 0 Å². The van der Waals surface area contributed by atoms with Crippen LogP contribution in [0.25, 0.3) is 16.3 Å². The average molecular weight is 293 g/mol. The molecule has 2 atom stereocenters. The summed E-state index contributed by atoms with van der Waals surface area (Å²) in [6.07, 6.45) is 1.36. The molecule has 1 aliphatic rings. The number of nitrogens with zero attached hydrogens (tertiary/aromatic N) is 1. The van der Waals surface area contributed by atoms with Gasteiger partial charge in [0.2, 0.25) is 0 Å². The van der Waals surface area contributed by atoms with Crippen LogP contribution in [-0.2, 0) is 0 Å². The van der Waals surface area contributed by atoms with Crippen molar-refractivity contribution in [1.29, 1.82) is 0 Å². The molecule has 3 N–H and O–H groups in total. The number of fused-ring (bicyclic) bond motifs is 1. The van der Waals surface area contributed by atoms with Crippen LogP contribution in [-0.4, -0.2) is 27.6 Å². The molecule has 0 radical (unpaired) electrons. The molecule has 1 aromatic carbocycles. The number of nitrogens with one attached hydrogen (secondary N) is 2. The summed E-state index contributed by atoms with van der Waals surface area (Å²) in [5, 5.41) is 16.3. The minimum Gasteiger partial charge on any atom is -0.373 e. The zero-order valence-electron chi connectivity index (χ0n) is 10.5. The molecule has 1 fully saturated rings. The molecule has 19 heavy (non-hydrogen) atoms. The smallest absolute Gasteiger partial charge is 0.147 e. The molecule has 100 valence electrons. The molecular weight excluding hydrogens is 278 g/mol. The maximum atomic E-state index is 9.96. The van der Waals surface area contributed by atoms with Gasteiger partial charge in [-0.3, -0.25) is 5.32 Å². The number of rotatable bonds is 3. The fourth-order valence-corrected chi connectivity index (χ4v) is 3.53. The fraction of sp³-hybridized carbons (Fsp3) is 0.308. The first kappa shape index (κ1) is 12.9. The lowest BCUT2D eigenvalue weighted by molar-refractivity contribution is 0.193. The van der Waals surface area contributed by atoms with Crippen LogP contribution < -0.4 is 10.6 Å². The maximum absolute atomic E-state index is 9.96. The summed E-state index contributed by atoms with van der Waals surface area (Å²) >= 11 is 3.36. The van der Waals surface area contributed by atoms with Gasteiger partial charge in [-0.1, -0.05) is 13.0 Å². The van der Waals surface area contributed by atoms with Crippen LogP contribution >= 0.6 is 23.1 Å². The van der Waals surface area contributed by atoms with Crippen LogP contribution in [0.15, 0.2) is 29.4 Å². The van der Waals surface area contributed by atoms with Crippen LogP contribution in [0.5, 0.6) is 0 Å². The minimum atomic E-state index is -0.624. The first-order valence-electron chi connectivity index (χ1n) is 6.13. The Morgan fingerprint density at radius 2 is 2.42 bits per heavy atom. The van der Waals surface area contributed by atoms with Gasteiger partial charge < -0.3 is 10.4 Å². The molecule has 0 amide bonds. The second-order valence-electron chi connectivity index (χ2n) is 4.23. The second kappa shape index (κ2) is 5.50. The van der Waals surface area contributed by atoms with E-state index in [2.05, 4.69) is 28.6 Å². The Morgan fingerprint density at radius 1 is 1.53 bits per heavy atom. The molecular formula is C13H15N3OS2. The van der Waals surface area contributed by atoms with E-state index in [1.807, 2.05) is 23.7 Å². The van der Waals surface area contributed by atoms with Crippen LogP contribution in [0.1, 0.15) is 12.5 Å². The van der Waals surface area contributed by atoms with Crippen molar-refractivity contribution in [2.45, 2.75) is 18.6 Å². The fourth-order valence-electron chi connectivity index (χ4n) is 2.02. The van der Waals surface area contributed by atoms with Gasteiger partial charge >= 0.3 is 0 Å². The Bertz CT molecular complexity index is 611. The van der Waals surface area contributed by atoms with E-state index in [0.717, 1.165) is 27.2 Å². The molecule has 1 saturated heterocycles. The lowest BCUT2D eigenvalue weighted by atomic mass is 10.2. The molecule has 2 unspecified atom stereocenters. The van der Waals surface area contributed by atoms with Crippen molar-refractivity contribution < 1.29 is 5.11 Å². The van der Waals surface area contributed by atoms with E-state index >= 15 is 0 Å². The van der Waals surface area contributed by atoms with Crippen LogP contribution in [0.4, 0.5) is 0 Å². The Balaban J connectivity index is 1.84. The number of aromatic nitrogens is 1. The normalized spacial score (nSPS) is 25.1. The third-order valence-corrected chi connectivity index (χ3v) is 4.62. The molecule has 0 aliphatic carbocycles. The lowest BCUT2D eigenvalue weighted by Gasteiger charge is -2.07. The van der Waals surface area contributed by atoms with Gasteiger partial charge in [0.25, 0.3) is 0 Å². The largest absolute Gasteiger partial charge is 0.373 e. The summed E-state index contributed by atoms with van der Waals surface area (Å²) < 4.78 is 1.16. The van der Waals surface area contributed by atoms with Crippen molar-refractivity contribution in [2.24, 2.45) is 0 Å². The highest BCUT2D eigenvalue weighted by molar-refractivity contribution is 7.99. The molecule has 3 rings (SSSR count). The van der Waals surface area contributed by atoms with Gasteiger partial charge in [-0.15, -0.1) is 23.1 Å². The SMILES string of the molecule is CCSC1N/C(=C\c2ccc3ncsc3c2)C(O)N1. The van der Waals surface area contributed by atoms with Gasteiger partial charge in [0.15, 0.2) is 0 Å². The van der Waals surface area contributed by atoms with Crippen molar-refractivity contribution in [3.8, 4) is 0 Å². The van der Waals surface area contributed by atoms with Crippen molar-refractivity contribution in [2.75, 3.05) is 5.75 Å². The van der Waals surface area contributed by atoms with Gasteiger partial charge in [0.1, 0.15) is 11.7 Å². The van der Waals surface area contributed by atoms with Gasteiger partial charge in [-0.2, -0.15) is 0 Å². The first-order valence-corrected chi connectivity index (χ1v) is 8.06. The average Bonchev–Trinajstić information content (AvgIpc) is 2.97. The Labute approximate surface area is 119 Å². The van der Waals surface area contributed by atoms with E-state index in [4.69, 9.17) is 0 Å². The van der Waals surface area contributed by atoms with Crippen molar-refractivity contribution >= 4 is 39.4 Å². The number of benzene rings is 1. The summed E-state index contributed by atoms with van der Waals surface area (Å²) in [5.41, 5.74) is 4.83. The summed E-state index contributed by atoms with van der Waals surface area (Å²) in [6.45, 7) is 2.10. The molecule has 6 heteroatoms. The van der Waals surface area contributed by atoms with E-state index < -0.39 is 6.23 Å². The number of thiazole rings is 1. The molecule has 2 aromatic rings. The molecule has 4 nitrogen and oxygen atoms in total. The number of thioether (sulfide) groups is 1. The molecule has 2 heterocycles. The molecule has 0 bridgehead atoms. The summed E-state index contributed by atoms with van der Waals surface area (Å²) in [7, 11) is 0. The quantitative estimate of drug-likeness (QED) is 0.810. The summed E-state index contributed by atoms with van der Waals surface area (Å²) in [5.74, 6) is 0.998. The van der Waals surface area contributed by atoms with E-state index in [1.165, 1.54) is 0 Å². The molecule has 1 aromatic heterocycles. The Morgan fingerprint density at radius 3 is 3.26 bits per heavy atom. The Kier molecular flexibility index (Phi) is 3.74. The van der Waals surface area contributed by atoms with E-state index in [0.29, 0.717) is 0 Å². The number of aliphatic hydroxyl groups is 1.